The number of carbonyl (C=O) groups excluding carboxylic acids is 1. The van der Waals surface area contributed by atoms with Gasteiger partial charge in [0.05, 0.1) is 0 Å². The van der Waals surface area contributed by atoms with Crippen LogP contribution in [0.4, 0.5) is 4.79 Å². The van der Waals surface area contributed by atoms with Crippen molar-refractivity contribution in [2.75, 3.05) is 0 Å². The van der Waals surface area contributed by atoms with E-state index in [-0.39, 0.29) is 12.6 Å². The van der Waals surface area contributed by atoms with Gasteiger partial charge in [0, 0.05) is 6.04 Å². The van der Waals surface area contributed by atoms with Crippen molar-refractivity contribution in [2.24, 2.45) is 0 Å². The van der Waals surface area contributed by atoms with Gasteiger partial charge in [-0.3, -0.25) is 4.90 Å². The van der Waals surface area contributed by atoms with E-state index in [0.29, 0.717) is 6.42 Å². The average molecular weight is 277 g/mol. The number of nitrogens with zero attached hydrogens (tertiary/aromatic N) is 1. The lowest BCUT2D eigenvalue weighted by Crippen LogP contribution is -2.52. The molecule has 0 aromatic heterocycles. The summed E-state index contributed by atoms with van der Waals surface area (Å²) in [7, 11) is 0. The van der Waals surface area contributed by atoms with E-state index in [1.54, 1.807) is 0 Å². The summed E-state index contributed by atoms with van der Waals surface area (Å²) in [4.78, 5) is 24.7. The van der Waals surface area contributed by atoms with Crippen LogP contribution < -0.4 is 0 Å². The molecule has 1 saturated heterocycles. The predicted octanol–water partition coefficient (Wildman–Crippen LogP) is 2.65. The summed E-state index contributed by atoms with van der Waals surface area (Å²) in [6.45, 7) is 2.02. The van der Waals surface area contributed by atoms with E-state index in [0.717, 1.165) is 18.4 Å². The summed E-state index contributed by atoms with van der Waals surface area (Å²) in [5.41, 5.74) is 0.886. The second kappa shape index (κ2) is 6.41. The first-order chi connectivity index (χ1) is 9.59. The van der Waals surface area contributed by atoms with Gasteiger partial charge in [-0.25, -0.2) is 9.59 Å². The highest BCUT2D eigenvalue weighted by atomic mass is 16.6. The average Bonchev–Trinajstić information content (AvgIpc) is 2.45. The molecule has 5 nitrogen and oxygen atoms in total. The Bertz CT molecular complexity index is 474. The number of rotatable bonds is 3. The maximum Gasteiger partial charge on any atom is 0.411 e. The van der Waals surface area contributed by atoms with Crippen LogP contribution in [0.25, 0.3) is 0 Å². The number of carboxylic acids is 1. The minimum Gasteiger partial charge on any atom is -0.480 e. The van der Waals surface area contributed by atoms with Crippen molar-refractivity contribution in [3.8, 4) is 0 Å². The van der Waals surface area contributed by atoms with E-state index in [2.05, 4.69) is 0 Å². The summed E-state index contributed by atoms with van der Waals surface area (Å²) in [5.74, 6) is -0.965. The summed E-state index contributed by atoms with van der Waals surface area (Å²) in [6.07, 6.45) is 1.57. The van der Waals surface area contributed by atoms with E-state index < -0.39 is 18.1 Å². The van der Waals surface area contributed by atoms with E-state index in [1.165, 1.54) is 4.90 Å². The Balaban J connectivity index is 2.00. The second-order valence-electron chi connectivity index (χ2n) is 5.08. The van der Waals surface area contributed by atoms with Crippen LogP contribution in [0.2, 0.25) is 0 Å². The third-order valence-corrected chi connectivity index (χ3v) is 3.61. The molecule has 2 rings (SSSR count). The number of amides is 1. The normalized spacial score (nSPS) is 22.4. The van der Waals surface area contributed by atoms with Crippen LogP contribution in [0.15, 0.2) is 30.3 Å². The molecule has 0 spiro atoms. The summed E-state index contributed by atoms with van der Waals surface area (Å²) in [6, 6.07) is 8.47. The van der Waals surface area contributed by atoms with Gasteiger partial charge >= 0.3 is 12.1 Å². The molecule has 1 amide bonds. The molecule has 20 heavy (non-hydrogen) atoms. The Kier molecular flexibility index (Phi) is 4.61. The van der Waals surface area contributed by atoms with Crippen molar-refractivity contribution in [3.05, 3.63) is 35.9 Å². The molecular formula is C15H19NO4. The molecule has 1 aromatic carbocycles. The van der Waals surface area contributed by atoms with Crippen molar-refractivity contribution >= 4 is 12.1 Å². The topological polar surface area (TPSA) is 66.8 Å². The number of benzene rings is 1. The zero-order chi connectivity index (χ0) is 14.5. The Labute approximate surface area is 118 Å². The molecule has 0 saturated carbocycles. The number of hydrogen-bond donors (Lipinski definition) is 1. The molecule has 1 heterocycles. The lowest BCUT2D eigenvalue weighted by atomic mass is 9.97. The molecule has 0 radical (unpaired) electrons. The van der Waals surface area contributed by atoms with Gasteiger partial charge in [-0.15, -0.1) is 0 Å². The minimum absolute atomic E-state index is 0.104. The zero-order valence-electron chi connectivity index (χ0n) is 11.5. The first-order valence-corrected chi connectivity index (χ1v) is 6.81. The maximum absolute atomic E-state index is 12.1. The van der Waals surface area contributed by atoms with E-state index in [9.17, 15) is 14.7 Å². The van der Waals surface area contributed by atoms with Crippen molar-refractivity contribution in [2.45, 2.75) is 44.9 Å². The molecule has 1 N–H and O–H groups in total. The van der Waals surface area contributed by atoms with Crippen molar-refractivity contribution in [3.63, 3.8) is 0 Å². The highest BCUT2D eigenvalue weighted by Gasteiger charge is 2.37. The highest BCUT2D eigenvalue weighted by molar-refractivity contribution is 5.80. The molecule has 0 bridgehead atoms. The quantitative estimate of drug-likeness (QED) is 0.922. The number of likely N-dealkylation sites (tertiary alicyclic amines) is 1. The Morgan fingerprint density at radius 2 is 2.00 bits per heavy atom. The van der Waals surface area contributed by atoms with Crippen molar-refractivity contribution < 1.29 is 19.4 Å². The fraction of sp³-hybridized carbons (Fsp3) is 0.467. The highest BCUT2D eigenvalue weighted by Crippen LogP contribution is 2.24. The van der Waals surface area contributed by atoms with E-state index in [4.69, 9.17) is 4.74 Å². The minimum atomic E-state index is -0.965. The van der Waals surface area contributed by atoms with Crippen molar-refractivity contribution in [1.82, 2.24) is 4.90 Å². The second-order valence-corrected chi connectivity index (χ2v) is 5.08. The molecule has 2 atom stereocenters. The van der Waals surface area contributed by atoms with Crippen LogP contribution >= 0.6 is 0 Å². The summed E-state index contributed by atoms with van der Waals surface area (Å²) < 4.78 is 5.24. The lowest BCUT2D eigenvalue weighted by Gasteiger charge is -2.37. The number of carboxylic acid groups (broad SMARTS) is 1. The molecule has 1 aliphatic heterocycles. The third-order valence-electron chi connectivity index (χ3n) is 3.61. The van der Waals surface area contributed by atoms with Crippen LogP contribution in [0.5, 0.6) is 0 Å². The van der Waals surface area contributed by atoms with Gasteiger partial charge in [0.2, 0.25) is 0 Å². The van der Waals surface area contributed by atoms with Gasteiger partial charge < -0.3 is 9.84 Å². The largest absolute Gasteiger partial charge is 0.480 e. The van der Waals surface area contributed by atoms with Gasteiger partial charge in [0.15, 0.2) is 0 Å². The van der Waals surface area contributed by atoms with E-state index in [1.807, 2.05) is 37.3 Å². The molecule has 0 aliphatic carbocycles. The first kappa shape index (κ1) is 14.4. The number of ether oxygens (including phenoxy) is 1. The standard InChI is InChI=1S/C15H19NO4/c1-11-6-5-9-13(14(17)18)16(11)15(19)20-10-12-7-3-2-4-8-12/h2-4,7-8,11,13H,5-6,9-10H2,1H3,(H,17,18). The Morgan fingerprint density at radius 1 is 1.30 bits per heavy atom. The van der Waals surface area contributed by atoms with Gasteiger partial charge in [-0.1, -0.05) is 30.3 Å². The van der Waals surface area contributed by atoms with Gasteiger partial charge in [0.1, 0.15) is 12.6 Å². The zero-order valence-corrected chi connectivity index (χ0v) is 11.5. The number of carbonyl (C=O) groups is 2. The van der Waals surface area contributed by atoms with Crippen LogP contribution in [0, 0.1) is 0 Å². The Morgan fingerprint density at radius 3 is 2.65 bits per heavy atom. The molecule has 1 aliphatic rings. The molecule has 1 aromatic rings. The first-order valence-electron chi connectivity index (χ1n) is 6.81. The third kappa shape index (κ3) is 3.29. The molecule has 5 heteroatoms. The van der Waals surface area contributed by atoms with Crippen LogP contribution in [0.1, 0.15) is 31.7 Å². The van der Waals surface area contributed by atoms with Gasteiger partial charge in [-0.2, -0.15) is 0 Å². The monoisotopic (exact) mass is 277 g/mol. The van der Waals surface area contributed by atoms with Crippen LogP contribution in [0.3, 0.4) is 0 Å². The number of aliphatic carboxylic acids is 1. The molecule has 2 unspecified atom stereocenters. The smallest absolute Gasteiger partial charge is 0.411 e. The fourth-order valence-electron chi connectivity index (χ4n) is 2.54. The molecule has 1 fully saturated rings. The number of hydrogen-bond acceptors (Lipinski definition) is 3. The fourth-order valence-corrected chi connectivity index (χ4v) is 2.54. The van der Waals surface area contributed by atoms with Crippen LogP contribution in [-0.4, -0.2) is 34.2 Å². The SMILES string of the molecule is CC1CCCC(C(=O)O)N1C(=O)OCc1ccccc1. The lowest BCUT2D eigenvalue weighted by molar-refractivity contribution is -0.145. The summed E-state index contributed by atoms with van der Waals surface area (Å²) >= 11 is 0. The number of piperidine rings is 1. The maximum atomic E-state index is 12.1. The molecular weight excluding hydrogens is 258 g/mol. The van der Waals surface area contributed by atoms with E-state index >= 15 is 0 Å². The summed E-state index contributed by atoms with van der Waals surface area (Å²) in [5, 5.41) is 9.21. The van der Waals surface area contributed by atoms with Gasteiger partial charge in [0.25, 0.3) is 0 Å². The van der Waals surface area contributed by atoms with Gasteiger partial charge in [-0.05, 0) is 31.7 Å². The molecule has 108 valence electrons. The van der Waals surface area contributed by atoms with Crippen LogP contribution in [-0.2, 0) is 16.1 Å². The predicted molar refractivity (Wildman–Crippen MR) is 73.2 cm³/mol. The van der Waals surface area contributed by atoms with Crippen molar-refractivity contribution in [1.29, 1.82) is 0 Å². The Hall–Kier alpha value is -2.04.